The van der Waals surface area contributed by atoms with Gasteiger partial charge in [-0.1, -0.05) is 42.5 Å². The molecule has 2 aliphatic rings. The van der Waals surface area contributed by atoms with Crippen molar-refractivity contribution in [3.63, 3.8) is 0 Å². The number of hydrogen-bond acceptors (Lipinski definition) is 6. The average Bonchev–Trinajstić information content (AvgIpc) is 3.62. The summed E-state index contributed by atoms with van der Waals surface area (Å²) < 4.78 is 17.2. The molecule has 2 atom stereocenters. The first-order chi connectivity index (χ1) is 20.4. The van der Waals surface area contributed by atoms with Crippen LogP contribution in [0.15, 0.2) is 72.8 Å². The second-order valence-electron chi connectivity index (χ2n) is 11.6. The van der Waals surface area contributed by atoms with Gasteiger partial charge in [-0.15, -0.1) is 0 Å². The van der Waals surface area contributed by atoms with Crippen LogP contribution in [0, 0.1) is 0 Å². The highest BCUT2D eigenvalue weighted by atomic mass is 16.7. The van der Waals surface area contributed by atoms with Gasteiger partial charge >= 0.3 is 0 Å². The van der Waals surface area contributed by atoms with Gasteiger partial charge in [0.2, 0.25) is 6.79 Å². The Kier molecular flexibility index (Phi) is 8.05. The minimum absolute atomic E-state index is 0.0412. The summed E-state index contributed by atoms with van der Waals surface area (Å²) in [7, 11) is 0. The molecule has 7 heteroatoms. The summed E-state index contributed by atoms with van der Waals surface area (Å²) in [4.78, 5) is 19.6. The van der Waals surface area contributed by atoms with E-state index in [1.54, 1.807) is 6.08 Å². The standard InChI is InChI=1S/C35H39N3O4/c1-22(2)38(23(3)4)17-18-40-26-13-9-24(10-14-26)11-15-31(39)30-20-28-27-7-5-6-8-29(27)36-35(28)34(37-30)25-12-16-32-33(19-25)42-21-41-32/h5-16,19,22-23,30,34,36-37H,17-18,20-21H2,1-4H3. The van der Waals surface area contributed by atoms with Crippen LogP contribution in [0.3, 0.4) is 0 Å². The number of benzene rings is 3. The third-order valence-electron chi connectivity index (χ3n) is 8.25. The molecule has 0 bridgehead atoms. The maximum absolute atomic E-state index is 13.6. The van der Waals surface area contributed by atoms with Crippen molar-refractivity contribution >= 4 is 22.8 Å². The lowest BCUT2D eigenvalue weighted by atomic mass is 9.88. The fourth-order valence-corrected chi connectivity index (χ4v) is 6.12. The fourth-order valence-electron chi connectivity index (χ4n) is 6.12. The molecule has 42 heavy (non-hydrogen) atoms. The summed E-state index contributed by atoms with van der Waals surface area (Å²) in [6.45, 7) is 10.6. The van der Waals surface area contributed by atoms with Crippen molar-refractivity contribution in [2.45, 2.75) is 58.3 Å². The lowest BCUT2D eigenvalue weighted by molar-refractivity contribution is -0.116. The lowest BCUT2D eigenvalue weighted by Crippen LogP contribution is -2.44. The van der Waals surface area contributed by atoms with Crippen LogP contribution < -0.4 is 19.5 Å². The van der Waals surface area contributed by atoms with Crippen molar-refractivity contribution in [2.24, 2.45) is 0 Å². The molecular weight excluding hydrogens is 526 g/mol. The number of carbonyl (C=O) groups excluding carboxylic acids is 1. The first-order valence-electron chi connectivity index (χ1n) is 14.8. The second-order valence-corrected chi connectivity index (χ2v) is 11.6. The number of rotatable bonds is 10. The van der Waals surface area contributed by atoms with Crippen molar-refractivity contribution < 1.29 is 19.0 Å². The Morgan fingerprint density at radius 3 is 2.55 bits per heavy atom. The van der Waals surface area contributed by atoms with Gasteiger partial charge in [-0.25, -0.2) is 0 Å². The van der Waals surface area contributed by atoms with Gasteiger partial charge in [-0.3, -0.25) is 15.0 Å². The third-order valence-corrected chi connectivity index (χ3v) is 8.25. The summed E-state index contributed by atoms with van der Waals surface area (Å²) in [5.74, 6) is 2.34. The molecule has 2 unspecified atom stereocenters. The largest absolute Gasteiger partial charge is 0.492 e. The van der Waals surface area contributed by atoms with Crippen molar-refractivity contribution in [1.82, 2.24) is 15.2 Å². The lowest BCUT2D eigenvalue weighted by Gasteiger charge is -2.30. The Morgan fingerprint density at radius 2 is 1.76 bits per heavy atom. The smallest absolute Gasteiger partial charge is 0.231 e. The van der Waals surface area contributed by atoms with Gasteiger partial charge in [0.15, 0.2) is 17.3 Å². The van der Waals surface area contributed by atoms with Gasteiger partial charge in [0.25, 0.3) is 0 Å². The van der Waals surface area contributed by atoms with E-state index in [0.717, 1.165) is 51.5 Å². The number of ketones is 1. The molecule has 0 spiro atoms. The van der Waals surface area contributed by atoms with Gasteiger partial charge in [0, 0.05) is 35.2 Å². The zero-order valence-corrected chi connectivity index (χ0v) is 24.7. The minimum atomic E-state index is -0.365. The third kappa shape index (κ3) is 5.80. The van der Waals surface area contributed by atoms with E-state index in [1.807, 2.05) is 60.7 Å². The van der Waals surface area contributed by atoms with Crippen molar-refractivity contribution in [1.29, 1.82) is 0 Å². The Morgan fingerprint density at radius 1 is 1.00 bits per heavy atom. The number of para-hydroxylation sites is 1. The molecule has 0 saturated heterocycles. The van der Waals surface area contributed by atoms with Gasteiger partial charge in [-0.2, -0.15) is 0 Å². The monoisotopic (exact) mass is 565 g/mol. The Bertz CT molecular complexity index is 1580. The fraction of sp³-hybridized carbons (Fsp3) is 0.343. The Hall–Kier alpha value is -4.07. The predicted molar refractivity (Wildman–Crippen MR) is 166 cm³/mol. The van der Waals surface area contributed by atoms with Gasteiger partial charge in [-0.05, 0) is 87.2 Å². The van der Waals surface area contributed by atoms with E-state index >= 15 is 0 Å². The number of aromatic amines is 1. The Balaban J connectivity index is 1.16. The number of nitrogens with one attached hydrogen (secondary N) is 2. The highest BCUT2D eigenvalue weighted by molar-refractivity contribution is 5.99. The minimum Gasteiger partial charge on any atom is -0.492 e. The topological polar surface area (TPSA) is 75.8 Å². The highest BCUT2D eigenvalue weighted by Crippen LogP contribution is 2.39. The van der Waals surface area contributed by atoms with E-state index in [2.05, 4.69) is 55.0 Å². The van der Waals surface area contributed by atoms with Crippen molar-refractivity contribution in [2.75, 3.05) is 19.9 Å². The molecule has 0 radical (unpaired) electrons. The SMILES string of the molecule is CC(C)N(CCOc1ccc(C=CC(=O)C2Cc3c([nH]c4ccccc34)C(c3ccc4c(c3)OCO4)N2)cc1)C(C)C. The molecule has 0 saturated carbocycles. The summed E-state index contributed by atoms with van der Waals surface area (Å²) in [6.07, 6.45) is 4.18. The van der Waals surface area contributed by atoms with E-state index in [-0.39, 0.29) is 24.7 Å². The average molecular weight is 566 g/mol. The highest BCUT2D eigenvalue weighted by Gasteiger charge is 2.33. The molecule has 4 aromatic rings. The van der Waals surface area contributed by atoms with Crippen LogP contribution in [-0.2, 0) is 11.2 Å². The van der Waals surface area contributed by atoms with E-state index in [1.165, 1.54) is 5.56 Å². The molecule has 3 aromatic carbocycles. The zero-order valence-electron chi connectivity index (χ0n) is 24.7. The van der Waals surface area contributed by atoms with E-state index in [0.29, 0.717) is 25.1 Å². The van der Waals surface area contributed by atoms with E-state index in [4.69, 9.17) is 14.2 Å². The Labute approximate surface area is 247 Å². The van der Waals surface area contributed by atoms with Crippen molar-refractivity contribution in [3.05, 3.63) is 95.2 Å². The number of H-pyrrole nitrogens is 1. The van der Waals surface area contributed by atoms with Gasteiger partial charge in [0.1, 0.15) is 12.4 Å². The molecule has 6 rings (SSSR count). The van der Waals surface area contributed by atoms with Crippen LogP contribution in [0.25, 0.3) is 17.0 Å². The maximum Gasteiger partial charge on any atom is 0.231 e. The molecule has 2 aliphatic heterocycles. The van der Waals surface area contributed by atoms with Crippen LogP contribution in [-0.4, -0.2) is 53.7 Å². The molecule has 2 N–H and O–H groups in total. The first-order valence-corrected chi connectivity index (χ1v) is 14.8. The summed E-state index contributed by atoms with van der Waals surface area (Å²) >= 11 is 0. The maximum atomic E-state index is 13.6. The van der Waals surface area contributed by atoms with Crippen LogP contribution in [0.5, 0.6) is 17.2 Å². The van der Waals surface area contributed by atoms with Crippen LogP contribution >= 0.6 is 0 Å². The normalized spacial score (nSPS) is 18.0. The van der Waals surface area contributed by atoms with Crippen LogP contribution in [0.2, 0.25) is 0 Å². The van der Waals surface area contributed by atoms with Crippen LogP contribution in [0.1, 0.15) is 56.1 Å². The van der Waals surface area contributed by atoms with Gasteiger partial charge < -0.3 is 19.2 Å². The van der Waals surface area contributed by atoms with Gasteiger partial charge in [0.05, 0.1) is 12.1 Å². The zero-order chi connectivity index (χ0) is 29.2. The molecule has 0 aliphatic carbocycles. The number of ether oxygens (including phenoxy) is 3. The summed E-state index contributed by atoms with van der Waals surface area (Å²) in [5, 5.41) is 4.77. The number of fused-ring (bicyclic) bond motifs is 4. The number of aromatic nitrogens is 1. The molecule has 218 valence electrons. The quantitative estimate of drug-likeness (QED) is 0.221. The van der Waals surface area contributed by atoms with E-state index < -0.39 is 0 Å². The molecular formula is C35H39N3O4. The number of hydrogen-bond donors (Lipinski definition) is 2. The predicted octanol–water partition coefficient (Wildman–Crippen LogP) is 6.28. The molecule has 0 amide bonds. The van der Waals surface area contributed by atoms with Crippen LogP contribution in [0.4, 0.5) is 0 Å². The molecule has 3 heterocycles. The molecule has 1 aromatic heterocycles. The molecule has 7 nitrogen and oxygen atoms in total. The first kappa shape index (κ1) is 28.1. The number of carbonyl (C=O) groups is 1. The van der Waals surface area contributed by atoms with Crippen molar-refractivity contribution in [3.8, 4) is 17.2 Å². The second kappa shape index (κ2) is 12.0. The summed E-state index contributed by atoms with van der Waals surface area (Å²) in [5.41, 5.74) is 5.31. The number of nitrogens with zero attached hydrogens (tertiary/aromatic N) is 1. The van der Waals surface area contributed by atoms with E-state index in [9.17, 15) is 4.79 Å². The summed E-state index contributed by atoms with van der Waals surface area (Å²) in [6, 6.07) is 22.6. The molecule has 0 fully saturated rings.